The van der Waals surface area contributed by atoms with Gasteiger partial charge in [0.2, 0.25) is 0 Å². The van der Waals surface area contributed by atoms with E-state index in [9.17, 15) is 0 Å². The van der Waals surface area contributed by atoms with Crippen LogP contribution in [0.4, 0.5) is 0 Å². The Morgan fingerprint density at radius 1 is 1.12 bits per heavy atom. The normalized spacial score (nSPS) is 10.8. The van der Waals surface area contributed by atoms with Crippen molar-refractivity contribution in [3.63, 3.8) is 0 Å². The molecule has 0 unspecified atom stereocenters. The summed E-state index contributed by atoms with van der Waals surface area (Å²) in [6.07, 6.45) is 1.80. The summed E-state index contributed by atoms with van der Waals surface area (Å²) in [5.74, 6) is 0. The van der Waals surface area contributed by atoms with Gasteiger partial charge in [-0.2, -0.15) is 0 Å². The molecule has 78 valence electrons. The molecule has 2 heterocycles. The fraction of sp³-hybridized carbons (Fsp3) is 0. The number of aromatic nitrogens is 2. The molecule has 0 aliphatic rings. The van der Waals surface area contributed by atoms with Crippen molar-refractivity contribution in [3.8, 4) is 10.6 Å². The number of fused-ring (bicyclic) bond motifs is 1. The molecule has 0 fully saturated rings. The summed E-state index contributed by atoms with van der Waals surface area (Å²) in [7, 11) is 0. The second-order valence-corrected chi connectivity index (χ2v) is 5.25. The van der Waals surface area contributed by atoms with Crippen molar-refractivity contribution in [2.24, 2.45) is 0 Å². The lowest BCUT2D eigenvalue weighted by Crippen LogP contribution is -1.75. The van der Waals surface area contributed by atoms with Crippen LogP contribution >= 0.6 is 27.3 Å². The highest BCUT2D eigenvalue weighted by Crippen LogP contribution is 2.29. The van der Waals surface area contributed by atoms with Crippen LogP contribution in [-0.4, -0.2) is 9.97 Å². The van der Waals surface area contributed by atoms with E-state index < -0.39 is 0 Å². The molecule has 0 aliphatic heterocycles. The molecule has 0 bridgehead atoms. The van der Waals surface area contributed by atoms with E-state index >= 15 is 0 Å². The molecule has 4 heteroatoms. The Labute approximate surface area is 105 Å². The number of rotatable bonds is 1. The Kier molecular flexibility index (Phi) is 2.46. The van der Waals surface area contributed by atoms with Gasteiger partial charge in [0.15, 0.2) is 0 Å². The van der Waals surface area contributed by atoms with E-state index in [0.717, 1.165) is 25.4 Å². The van der Waals surface area contributed by atoms with Crippen LogP contribution < -0.4 is 0 Å². The van der Waals surface area contributed by atoms with Crippen LogP contribution in [0.5, 0.6) is 0 Å². The Morgan fingerprint density at radius 3 is 2.88 bits per heavy atom. The van der Waals surface area contributed by atoms with Crippen molar-refractivity contribution in [2.75, 3.05) is 0 Å². The van der Waals surface area contributed by atoms with Crippen molar-refractivity contribution in [2.45, 2.75) is 0 Å². The van der Waals surface area contributed by atoms with Gasteiger partial charge >= 0.3 is 0 Å². The van der Waals surface area contributed by atoms with Gasteiger partial charge < -0.3 is 0 Å². The summed E-state index contributed by atoms with van der Waals surface area (Å²) in [5, 5.41) is 1.01. The lowest BCUT2D eigenvalue weighted by atomic mass is 10.2. The molecule has 0 saturated heterocycles. The van der Waals surface area contributed by atoms with Crippen LogP contribution in [0.2, 0.25) is 0 Å². The topological polar surface area (TPSA) is 25.8 Å². The summed E-state index contributed by atoms with van der Waals surface area (Å²) >= 11 is 5.08. The average molecular weight is 291 g/mol. The molecule has 0 saturated carbocycles. The molecule has 2 aromatic heterocycles. The molecule has 0 amide bonds. The van der Waals surface area contributed by atoms with Crippen molar-refractivity contribution >= 4 is 37.6 Å². The first kappa shape index (κ1) is 9.93. The van der Waals surface area contributed by atoms with E-state index in [1.807, 2.05) is 24.3 Å². The summed E-state index contributed by atoms with van der Waals surface area (Å²) < 4.78 is 1.07. The van der Waals surface area contributed by atoms with Crippen LogP contribution in [0.3, 0.4) is 0 Å². The number of halogens is 1. The molecule has 1 aromatic carbocycles. The minimum absolute atomic E-state index is 0.961. The molecule has 3 aromatic rings. The average Bonchev–Trinajstić information content (AvgIpc) is 2.72. The van der Waals surface area contributed by atoms with Crippen molar-refractivity contribution < 1.29 is 0 Å². The predicted octanol–water partition coefficient (Wildman–Crippen LogP) is 4.12. The summed E-state index contributed by atoms with van der Waals surface area (Å²) in [5.41, 5.74) is 2.08. The zero-order valence-corrected chi connectivity index (χ0v) is 10.6. The second kappa shape index (κ2) is 3.96. The molecular weight excluding hydrogens is 284 g/mol. The van der Waals surface area contributed by atoms with E-state index in [1.54, 1.807) is 17.5 Å². The number of thiazole rings is 1. The highest BCUT2D eigenvalue weighted by atomic mass is 79.9. The number of pyridine rings is 1. The zero-order chi connectivity index (χ0) is 11.0. The predicted molar refractivity (Wildman–Crippen MR) is 70.6 cm³/mol. The molecule has 0 spiro atoms. The maximum Gasteiger partial charge on any atom is 0.143 e. The largest absolute Gasteiger partial charge is 0.244 e. The molecular formula is C12H7BrN2S. The number of benzene rings is 1. The number of nitrogens with zero attached hydrogens (tertiary/aromatic N) is 2. The van der Waals surface area contributed by atoms with Crippen LogP contribution in [0.15, 0.2) is 47.1 Å². The van der Waals surface area contributed by atoms with Crippen LogP contribution in [0.1, 0.15) is 0 Å². The molecule has 0 N–H and O–H groups in total. The molecule has 2 nitrogen and oxygen atoms in total. The number of hydrogen-bond acceptors (Lipinski definition) is 3. The van der Waals surface area contributed by atoms with Gasteiger partial charge in [0, 0.05) is 16.2 Å². The summed E-state index contributed by atoms with van der Waals surface area (Å²) in [6.45, 7) is 0. The summed E-state index contributed by atoms with van der Waals surface area (Å²) in [6, 6.07) is 12.0. The molecule has 0 atom stereocenters. The Bertz CT molecular complexity index is 615. The maximum absolute atomic E-state index is 4.56. The third-order valence-corrected chi connectivity index (χ3v) is 3.76. The first-order chi connectivity index (χ1) is 7.83. The Hall–Kier alpha value is -1.26. The molecule has 3 rings (SSSR count). The standard InChI is InChI=1S/C12H7BrN2S/c13-9-4-1-3-8(7-9)11-15-10-5-2-6-14-12(10)16-11/h1-7H. The number of hydrogen-bond donors (Lipinski definition) is 0. The van der Waals surface area contributed by atoms with Gasteiger partial charge in [0.05, 0.1) is 0 Å². The van der Waals surface area contributed by atoms with E-state index in [2.05, 4.69) is 38.0 Å². The fourth-order valence-electron chi connectivity index (χ4n) is 1.51. The second-order valence-electron chi connectivity index (χ2n) is 3.36. The lowest BCUT2D eigenvalue weighted by Gasteiger charge is -1.95. The monoisotopic (exact) mass is 290 g/mol. The third-order valence-electron chi connectivity index (χ3n) is 2.24. The first-order valence-corrected chi connectivity index (χ1v) is 6.41. The highest BCUT2D eigenvalue weighted by molar-refractivity contribution is 9.10. The minimum atomic E-state index is 0.961. The zero-order valence-electron chi connectivity index (χ0n) is 8.22. The van der Waals surface area contributed by atoms with Crippen molar-refractivity contribution in [3.05, 3.63) is 47.1 Å². The van der Waals surface area contributed by atoms with Crippen LogP contribution in [0.25, 0.3) is 20.9 Å². The van der Waals surface area contributed by atoms with E-state index in [-0.39, 0.29) is 0 Å². The van der Waals surface area contributed by atoms with E-state index in [0.29, 0.717) is 0 Å². The van der Waals surface area contributed by atoms with Crippen LogP contribution in [-0.2, 0) is 0 Å². The Balaban J connectivity index is 2.19. The maximum atomic E-state index is 4.56. The van der Waals surface area contributed by atoms with Gasteiger partial charge in [-0.1, -0.05) is 39.4 Å². The highest BCUT2D eigenvalue weighted by Gasteiger charge is 2.06. The van der Waals surface area contributed by atoms with Gasteiger partial charge in [0.25, 0.3) is 0 Å². The van der Waals surface area contributed by atoms with Gasteiger partial charge in [-0.25, -0.2) is 9.97 Å². The third kappa shape index (κ3) is 1.74. The van der Waals surface area contributed by atoms with Gasteiger partial charge in [-0.3, -0.25) is 0 Å². The van der Waals surface area contributed by atoms with E-state index in [1.165, 1.54) is 0 Å². The van der Waals surface area contributed by atoms with Gasteiger partial charge in [0.1, 0.15) is 15.4 Å². The Morgan fingerprint density at radius 2 is 2.06 bits per heavy atom. The quantitative estimate of drug-likeness (QED) is 0.674. The summed E-state index contributed by atoms with van der Waals surface area (Å²) in [4.78, 5) is 9.84. The van der Waals surface area contributed by atoms with Crippen molar-refractivity contribution in [1.82, 2.24) is 9.97 Å². The van der Waals surface area contributed by atoms with E-state index in [4.69, 9.17) is 0 Å². The minimum Gasteiger partial charge on any atom is -0.244 e. The fourth-order valence-corrected chi connectivity index (χ4v) is 2.82. The SMILES string of the molecule is Brc1cccc(-c2nc3cccnc3s2)c1. The van der Waals surface area contributed by atoms with Crippen molar-refractivity contribution in [1.29, 1.82) is 0 Å². The smallest absolute Gasteiger partial charge is 0.143 e. The molecule has 16 heavy (non-hydrogen) atoms. The molecule has 0 aliphatic carbocycles. The molecule has 0 radical (unpaired) electrons. The van der Waals surface area contributed by atoms with Crippen LogP contribution in [0, 0.1) is 0 Å². The first-order valence-electron chi connectivity index (χ1n) is 4.80. The van der Waals surface area contributed by atoms with Gasteiger partial charge in [-0.05, 0) is 24.3 Å². The van der Waals surface area contributed by atoms with Gasteiger partial charge in [-0.15, -0.1) is 0 Å². The lowest BCUT2D eigenvalue weighted by molar-refractivity contribution is 1.40.